The van der Waals surface area contributed by atoms with E-state index in [0.717, 1.165) is 11.1 Å². The summed E-state index contributed by atoms with van der Waals surface area (Å²) in [6.07, 6.45) is 0. The maximum Gasteiger partial charge on any atom is 0.236 e. The Morgan fingerprint density at radius 1 is 0.821 bits per heavy atom. The van der Waals surface area contributed by atoms with Crippen molar-refractivity contribution in [2.24, 2.45) is 0 Å². The third-order valence-electron chi connectivity index (χ3n) is 4.59. The summed E-state index contributed by atoms with van der Waals surface area (Å²) in [4.78, 5) is 10.9. The van der Waals surface area contributed by atoms with Gasteiger partial charge in [-0.15, -0.1) is 0 Å². The molecule has 146 valence electrons. The largest absolute Gasteiger partial charge is 0.376 e. The van der Waals surface area contributed by atoms with E-state index in [-0.39, 0.29) is 6.61 Å². The van der Waals surface area contributed by atoms with E-state index in [1.54, 1.807) is 24.3 Å². The van der Waals surface area contributed by atoms with Crippen molar-refractivity contribution in [3.63, 3.8) is 0 Å². The maximum absolute atomic E-state index is 13.2. The predicted molar refractivity (Wildman–Crippen MR) is 114 cm³/mol. The van der Waals surface area contributed by atoms with E-state index in [1.807, 2.05) is 66.7 Å². The standard InChI is InChI=1S/C23H26NO3P/c25-28(26,22-14-8-3-9-15-22)23(17-24-16-20-10-4-1-5-11-20)19-27-18-21-12-6-2-7-13-21/h1-15,23-24H,16-19H2,(H,25,26). The lowest BCUT2D eigenvalue weighted by Crippen LogP contribution is -2.33. The first-order valence-corrected chi connectivity index (χ1v) is 11.1. The van der Waals surface area contributed by atoms with Crippen LogP contribution in [0.2, 0.25) is 0 Å². The zero-order chi connectivity index (χ0) is 19.7. The van der Waals surface area contributed by atoms with Crippen LogP contribution in [-0.2, 0) is 22.5 Å². The minimum atomic E-state index is -3.59. The lowest BCUT2D eigenvalue weighted by atomic mass is 10.2. The molecule has 3 aromatic carbocycles. The number of benzene rings is 3. The van der Waals surface area contributed by atoms with E-state index in [1.165, 1.54) is 0 Å². The zero-order valence-electron chi connectivity index (χ0n) is 15.8. The van der Waals surface area contributed by atoms with Crippen molar-refractivity contribution in [3.8, 4) is 0 Å². The van der Waals surface area contributed by atoms with Crippen LogP contribution in [0, 0.1) is 0 Å². The molecule has 0 aliphatic carbocycles. The van der Waals surface area contributed by atoms with Gasteiger partial charge in [-0.2, -0.15) is 0 Å². The van der Waals surface area contributed by atoms with Gasteiger partial charge in [-0.1, -0.05) is 78.9 Å². The molecular weight excluding hydrogens is 369 g/mol. The molecular formula is C23H26NO3P. The highest BCUT2D eigenvalue weighted by atomic mass is 31.2. The van der Waals surface area contributed by atoms with Crippen molar-refractivity contribution in [2.75, 3.05) is 13.2 Å². The summed E-state index contributed by atoms with van der Waals surface area (Å²) in [7, 11) is -3.59. The number of nitrogens with one attached hydrogen (secondary N) is 1. The second kappa shape index (κ2) is 10.4. The summed E-state index contributed by atoms with van der Waals surface area (Å²) >= 11 is 0. The van der Waals surface area contributed by atoms with E-state index in [2.05, 4.69) is 5.32 Å². The fraction of sp³-hybridized carbons (Fsp3) is 0.217. The van der Waals surface area contributed by atoms with Crippen LogP contribution < -0.4 is 10.6 Å². The van der Waals surface area contributed by atoms with Crippen LogP contribution in [0.4, 0.5) is 0 Å². The van der Waals surface area contributed by atoms with E-state index in [9.17, 15) is 9.46 Å². The number of hydrogen-bond acceptors (Lipinski definition) is 3. The summed E-state index contributed by atoms with van der Waals surface area (Å²) in [5, 5.41) is 3.78. The van der Waals surface area contributed by atoms with Gasteiger partial charge in [0.2, 0.25) is 7.37 Å². The summed E-state index contributed by atoms with van der Waals surface area (Å²) in [5.74, 6) is 0. The van der Waals surface area contributed by atoms with Crippen LogP contribution in [0.1, 0.15) is 11.1 Å². The monoisotopic (exact) mass is 395 g/mol. The van der Waals surface area contributed by atoms with Gasteiger partial charge in [0.15, 0.2) is 0 Å². The van der Waals surface area contributed by atoms with Gasteiger partial charge in [-0.05, 0) is 23.3 Å². The average Bonchev–Trinajstić information content (AvgIpc) is 2.75. The molecule has 2 atom stereocenters. The van der Waals surface area contributed by atoms with Gasteiger partial charge in [0.25, 0.3) is 0 Å². The predicted octanol–water partition coefficient (Wildman–Crippen LogP) is 3.96. The lowest BCUT2D eigenvalue weighted by Gasteiger charge is -2.24. The molecule has 2 unspecified atom stereocenters. The van der Waals surface area contributed by atoms with Crippen molar-refractivity contribution < 1.29 is 14.2 Å². The summed E-state index contributed by atoms with van der Waals surface area (Å²) in [6.45, 7) is 1.67. The van der Waals surface area contributed by atoms with Gasteiger partial charge >= 0.3 is 0 Å². The number of ether oxygens (including phenoxy) is 1. The second-order valence-electron chi connectivity index (χ2n) is 6.73. The first-order valence-electron chi connectivity index (χ1n) is 9.40. The summed E-state index contributed by atoms with van der Waals surface area (Å²) < 4.78 is 19.1. The van der Waals surface area contributed by atoms with Crippen LogP contribution in [0.3, 0.4) is 0 Å². The van der Waals surface area contributed by atoms with Gasteiger partial charge in [-0.25, -0.2) is 0 Å². The van der Waals surface area contributed by atoms with E-state index in [4.69, 9.17) is 4.74 Å². The molecule has 0 bridgehead atoms. The van der Waals surface area contributed by atoms with Crippen molar-refractivity contribution in [1.82, 2.24) is 5.32 Å². The van der Waals surface area contributed by atoms with E-state index >= 15 is 0 Å². The number of hydrogen-bond donors (Lipinski definition) is 2. The first kappa shape index (κ1) is 20.5. The maximum atomic E-state index is 13.2. The van der Waals surface area contributed by atoms with Gasteiger partial charge in [-0.3, -0.25) is 4.57 Å². The molecule has 0 radical (unpaired) electrons. The lowest BCUT2D eigenvalue weighted by molar-refractivity contribution is 0.118. The second-order valence-corrected chi connectivity index (χ2v) is 9.22. The van der Waals surface area contributed by atoms with E-state index in [0.29, 0.717) is 25.0 Å². The average molecular weight is 395 g/mol. The fourth-order valence-corrected chi connectivity index (χ4v) is 4.71. The van der Waals surface area contributed by atoms with Crippen LogP contribution in [-0.4, -0.2) is 23.7 Å². The zero-order valence-corrected chi connectivity index (χ0v) is 16.7. The molecule has 0 aliphatic rings. The summed E-state index contributed by atoms with van der Waals surface area (Å²) in [6, 6.07) is 28.7. The highest BCUT2D eigenvalue weighted by molar-refractivity contribution is 7.66. The molecule has 4 nitrogen and oxygen atoms in total. The SMILES string of the molecule is O=P(O)(c1ccccc1)C(CNCc1ccccc1)COCc1ccccc1. The molecule has 0 amide bonds. The minimum Gasteiger partial charge on any atom is -0.376 e. The molecule has 3 rings (SSSR count). The fourth-order valence-electron chi connectivity index (χ4n) is 3.00. The van der Waals surface area contributed by atoms with Crippen molar-refractivity contribution in [1.29, 1.82) is 0 Å². The van der Waals surface area contributed by atoms with Crippen LogP contribution in [0.25, 0.3) is 0 Å². The Balaban J connectivity index is 1.65. The third-order valence-corrected chi connectivity index (χ3v) is 6.95. The van der Waals surface area contributed by atoms with Crippen LogP contribution in [0.5, 0.6) is 0 Å². The van der Waals surface area contributed by atoms with Crippen molar-refractivity contribution in [2.45, 2.75) is 18.8 Å². The smallest absolute Gasteiger partial charge is 0.236 e. The van der Waals surface area contributed by atoms with Gasteiger partial charge in [0.1, 0.15) is 0 Å². The quantitative estimate of drug-likeness (QED) is 0.510. The number of rotatable bonds is 10. The van der Waals surface area contributed by atoms with Crippen molar-refractivity contribution >= 4 is 12.7 Å². The third kappa shape index (κ3) is 5.88. The normalized spacial score (nSPS) is 14.3. The van der Waals surface area contributed by atoms with Gasteiger partial charge in [0, 0.05) is 18.4 Å². The Kier molecular flexibility index (Phi) is 7.58. The Morgan fingerprint density at radius 3 is 1.96 bits per heavy atom. The molecule has 0 fully saturated rings. The molecule has 0 heterocycles. The Morgan fingerprint density at radius 2 is 1.36 bits per heavy atom. The Bertz CT molecular complexity index is 827. The molecule has 5 heteroatoms. The molecule has 0 spiro atoms. The minimum absolute atomic E-state index is 0.208. The molecule has 3 aromatic rings. The van der Waals surface area contributed by atoms with Gasteiger partial charge < -0.3 is 14.9 Å². The first-order chi connectivity index (χ1) is 13.7. The molecule has 0 aliphatic heterocycles. The van der Waals surface area contributed by atoms with E-state index < -0.39 is 13.0 Å². The molecule has 0 saturated heterocycles. The van der Waals surface area contributed by atoms with Gasteiger partial charge in [0.05, 0.1) is 18.9 Å². The molecule has 2 N–H and O–H groups in total. The van der Waals surface area contributed by atoms with Crippen LogP contribution >= 0.6 is 7.37 Å². The molecule has 28 heavy (non-hydrogen) atoms. The molecule has 0 saturated carbocycles. The van der Waals surface area contributed by atoms with Crippen LogP contribution in [0.15, 0.2) is 91.0 Å². The Labute approximate surface area is 166 Å². The van der Waals surface area contributed by atoms with Crippen molar-refractivity contribution in [3.05, 3.63) is 102 Å². The Hall–Kier alpha value is -2.23. The topological polar surface area (TPSA) is 58.6 Å². The highest BCUT2D eigenvalue weighted by Crippen LogP contribution is 2.45. The highest BCUT2D eigenvalue weighted by Gasteiger charge is 2.32. The summed E-state index contributed by atoms with van der Waals surface area (Å²) in [5.41, 5.74) is 1.66. The molecule has 0 aromatic heterocycles.